The van der Waals surface area contributed by atoms with Crippen LogP contribution in [0.3, 0.4) is 0 Å². The van der Waals surface area contributed by atoms with Gasteiger partial charge in [-0.3, -0.25) is 0 Å². The third-order valence-corrected chi connectivity index (χ3v) is 7.64. The largest absolute Gasteiger partial charge is 0.103 e. The van der Waals surface area contributed by atoms with Crippen molar-refractivity contribution in [3.8, 4) is 0 Å². The second kappa shape index (κ2) is 7.63. The van der Waals surface area contributed by atoms with Crippen LogP contribution in [0.15, 0.2) is 35.5 Å². The van der Waals surface area contributed by atoms with Crippen molar-refractivity contribution in [3.05, 3.63) is 35.5 Å². The fraction of sp³-hybridized carbons (Fsp3) is 0.750. The van der Waals surface area contributed by atoms with Gasteiger partial charge in [0.25, 0.3) is 0 Å². The summed E-state index contributed by atoms with van der Waals surface area (Å²) in [5, 5.41) is 0. The molecule has 4 rings (SSSR count). The lowest BCUT2D eigenvalue weighted by molar-refractivity contribution is 0.0257. The third-order valence-electron chi connectivity index (χ3n) is 7.64. The summed E-state index contributed by atoms with van der Waals surface area (Å²) in [5.74, 6) is 3.67. The van der Waals surface area contributed by atoms with Crippen LogP contribution in [0.5, 0.6) is 0 Å². The molecule has 2 saturated carbocycles. The zero-order valence-corrected chi connectivity index (χ0v) is 15.8. The molecule has 136 valence electrons. The quantitative estimate of drug-likeness (QED) is 0.432. The van der Waals surface area contributed by atoms with E-state index in [1.807, 2.05) is 25.0 Å². The highest BCUT2D eigenvalue weighted by molar-refractivity contribution is 5.33. The van der Waals surface area contributed by atoms with Gasteiger partial charge in [-0.25, -0.2) is 0 Å². The van der Waals surface area contributed by atoms with E-state index in [2.05, 4.69) is 32.6 Å². The van der Waals surface area contributed by atoms with Crippen molar-refractivity contribution in [1.29, 1.82) is 0 Å². The average Bonchev–Trinajstić information content (AvgIpc) is 2.92. The Morgan fingerprint density at radius 3 is 2.62 bits per heavy atom. The first kappa shape index (κ1) is 19.5. The summed E-state index contributed by atoms with van der Waals surface area (Å²) in [7, 11) is 0. The zero-order valence-electron chi connectivity index (χ0n) is 15.8. The van der Waals surface area contributed by atoms with Crippen LogP contribution in [-0.2, 0) is 0 Å². The summed E-state index contributed by atoms with van der Waals surface area (Å²) in [4.78, 5) is 0. The lowest BCUT2D eigenvalue weighted by Crippen LogP contribution is -2.43. The first-order chi connectivity index (χ1) is 11.1. The summed E-state index contributed by atoms with van der Waals surface area (Å²) < 4.78 is 0. The van der Waals surface area contributed by atoms with E-state index in [4.69, 9.17) is 0 Å². The molecule has 4 aliphatic carbocycles. The normalized spacial score (nSPS) is 40.1. The molecule has 0 radical (unpaired) electrons. The van der Waals surface area contributed by atoms with Crippen LogP contribution in [-0.4, -0.2) is 0 Å². The number of rotatable bonds is 1. The topological polar surface area (TPSA) is 0 Å². The smallest absolute Gasteiger partial charge is 0.0108 e. The van der Waals surface area contributed by atoms with E-state index in [9.17, 15) is 0 Å². The Kier molecular flexibility index (Phi) is 6.21. The van der Waals surface area contributed by atoms with Crippen LogP contribution in [0.25, 0.3) is 0 Å². The molecule has 24 heavy (non-hydrogen) atoms. The van der Waals surface area contributed by atoms with E-state index in [1.165, 1.54) is 51.4 Å². The van der Waals surface area contributed by atoms with Gasteiger partial charge in [-0.15, -0.1) is 6.58 Å². The van der Waals surface area contributed by atoms with Crippen LogP contribution in [0.4, 0.5) is 0 Å². The van der Waals surface area contributed by atoms with Gasteiger partial charge in [0.15, 0.2) is 0 Å². The van der Waals surface area contributed by atoms with Gasteiger partial charge in [0.2, 0.25) is 0 Å². The molecule has 2 fully saturated rings. The highest BCUT2D eigenvalue weighted by Gasteiger charge is 2.54. The Balaban J connectivity index is 0.000000670. The summed E-state index contributed by atoms with van der Waals surface area (Å²) >= 11 is 0. The predicted molar refractivity (Wildman–Crippen MR) is 108 cm³/mol. The predicted octanol–water partition coefficient (Wildman–Crippen LogP) is 7.72. The molecule has 0 nitrogen and oxygen atoms in total. The van der Waals surface area contributed by atoms with Gasteiger partial charge >= 0.3 is 0 Å². The molecule has 0 saturated heterocycles. The molecule has 0 aliphatic heterocycles. The van der Waals surface area contributed by atoms with Gasteiger partial charge < -0.3 is 0 Å². The molecule has 0 aromatic rings. The van der Waals surface area contributed by atoms with Gasteiger partial charge in [-0.1, -0.05) is 57.1 Å². The van der Waals surface area contributed by atoms with E-state index < -0.39 is 0 Å². The van der Waals surface area contributed by atoms with Crippen molar-refractivity contribution in [3.63, 3.8) is 0 Å². The molecule has 0 amide bonds. The van der Waals surface area contributed by atoms with Crippen molar-refractivity contribution in [2.24, 2.45) is 29.1 Å². The standard InChI is InChI=1S/C21H30.C2H6.CH4/c1-4-16-7-10-20-19-9-6-15-13-14(2)5-8-17(15)18(19)11-12-21(16,20)3;1-2;/h4-5,16,18-20H,1,6-13H2,2-3H3;1-2H3;1H4. The molecule has 0 heterocycles. The van der Waals surface area contributed by atoms with Crippen LogP contribution in [0, 0.1) is 29.1 Å². The fourth-order valence-corrected chi connectivity index (χ4v) is 6.50. The molecule has 5 unspecified atom stereocenters. The maximum Gasteiger partial charge on any atom is -0.0108 e. The first-order valence-corrected chi connectivity index (χ1v) is 10.1. The molecule has 0 heteroatoms. The van der Waals surface area contributed by atoms with Crippen LogP contribution < -0.4 is 0 Å². The minimum atomic E-state index is 0. The van der Waals surface area contributed by atoms with Crippen molar-refractivity contribution >= 4 is 0 Å². The second-order valence-electron chi connectivity index (χ2n) is 8.44. The van der Waals surface area contributed by atoms with Gasteiger partial charge in [0.05, 0.1) is 0 Å². The fourth-order valence-electron chi connectivity index (χ4n) is 6.50. The molecular formula is C24H40. The maximum absolute atomic E-state index is 4.14. The highest BCUT2D eigenvalue weighted by atomic mass is 14.6. The average molecular weight is 329 g/mol. The lowest BCUT2D eigenvalue weighted by atomic mass is 9.53. The summed E-state index contributed by atoms with van der Waals surface area (Å²) in [6.07, 6.45) is 16.0. The van der Waals surface area contributed by atoms with Crippen molar-refractivity contribution in [1.82, 2.24) is 0 Å². The molecule has 0 bridgehead atoms. The molecule has 4 aliphatic rings. The number of hydrogen-bond acceptors (Lipinski definition) is 0. The Hall–Kier alpha value is -0.780. The van der Waals surface area contributed by atoms with Gasteiger partial charge in [0.1, 0.15) is 0 Å². The summed E-state index contributed by atoms with van der Waals surface area (Å²) in [6, 6.07) is 0. The van der Waals surface area contributed by atoms with E-state index in [0.717, 1.165) is 23.7 Å². The Labute approximate surface area is 151 Å². The van der Waals surface area contributed by atoms with E-state index in [0.29, 0.717) is 5.41 Å². The Morgan fingerprint density at radius 2 is 1.92 bits per heavy atom. The SMILES string of the molecule is C.C=CC1CCC2C3CCC4=C(CC=C(C)C4)C3CCC12C.CC. The molecule has 0 spiro atoms. The van der Waals surface area contributed by atoms with E-state index in [-0.39, 0.29) is 7.43 Å². The molecular weight excluding hydrogens is 288 g/mol. The van der Waals surface area contributed by atoms with Crippen LogP contribution in [0.1, 0.15) is 86.5 Å². The highest BCUT2D eigenvalue weighted by Crippen LogP contribution is 2.63. The van der Waals surface area contributed by atoms with Gasteiger partial charge in [-0.05, 0) is 87.4 Å². The van der Waals surface area contributed by atoms with Crippen molar-refractivity contribution < 1.29 is 0 Å². The molecule has 0 aromatic heterocycles. The van der Waals surface area contributed by atoms with Crippen molar-refractivity contribution in [2.45, 2.75) is 86.5 Å². The monoisotopic (exact) mass is 328 g/mol. The van der Waals surface area contributed by atoms with E-state index >= 15 is 0 Å². The summed E-state index contributed by atoms with van der Waals surface area (Å²) in [6.45, 7) is 13.0. The number of fused-ring (bicyclic) bond motifs is 4. The molecule has 5 atom stereocenters. The van der Waals surface area contributed by atoms with Crippen molar-refractivity contribution in [2.75, 3.05) is 0 Å². The lowest BCUT2D eigenvalue weighted by Gasteiger charge is -2.51. The van der Waals surface area contributed by atoms with Crippen LogP contribution >= 0.6 is 0 Å². The number of allylic oxidation sites excluding steroid dienone is 5. The first-order valence-electron chi connectivity index (χ1n) is 10.1. The molecule has 0 N–H and O–H groups in total. The van der Waals surface area contributed by atoms with E-state index in [1.54, 1.807) is 5.57 Å². The van der Waals surface area contributed by atoms with Crippen LogP contribution in [0.2, 0.25) is 0 Å². The summed E-state index contributed by atoms with van der Waals surface area (Å²) in [5.41, 5.74) is 5.89. The number of hydrogen-bond donors (Lipinski definition) is 0. The Morgan fingerprint density at radius 1 is 1.17 bits per heavy atom. The minimum absolute atomic E-state index is 0. The third kappa shape index (κ3) is 2.95. The Bertz CT molecular complexity index is 520. The second-order valence-corrected chi connectivity index (χ2v) is 8.44. The molecule has 0 aromatic carbocycles. The zero-order chi connectivity index (χ0) is 16.6. The van der Waals surface area contributed by atoms with Gasteiger partial charge in [0, 0.05) is 0 Å². The van der Waals surface area contributed by atoms with Gasteiger partial charge in [-0.2, -0.15) is 0 Å². The maximum atomic E-state index is 4.14. The minimum Gasteiger partial charge on any atom is -0.103 e.